The molecule has 1 saturated heterocycles. The second-order valence-corrected chi connectivity index (χ2v) is 5.87. The molecule has 1 aromatic carbocycles. The molecular weight excluding hydrogens is 260 g/mol. The van der Waals surface area contributed by atoms with Crippen LogP contribution < -0.4 is 5.32 Å². The second-order valence-electron chi connectivity index (χ2n) is 5.87. The molecule has 0 aliphatic carbocycles. The van der Waals surface area contributed by atoms with Gasteiger partial charge >= 0.3 is 0 Å². The van der Waals surface area contributed by atoms with Gasteiger partial charge in [0.05, 0.1) is 13.2 Å². The van der Waals surface area contributed by atoms with Crippen molar-refractivity contribution in [2.24, 2.45) is 0 Å². The van der Waals surface area contributed by atoms with E-state index in [1.807, 2.05) is 0 Å². The van der Waals surface area contributed by atoms with E-state index in [4.69, 9.17) is 4.74 Å². The van der Waals surface area contributed by atoms with Gasteiger partial charge in [0.2, 0.25) is 0 Å². The summed E-state index contributed by atoms with van der Waals surface area (Å²) in [4.78, 5) is 2.51. The van der Waals surface area contributed by atoms with Crippen LogP contribution >= 0.6 is 0 Å². The molecule has 0 aromatic heterocycles. The quantitative estimate of drug-likeness (QED) is 0.707. The van der Waals surface area contributed by atoms with Crippen molar-refractivity contribution in [3.05, 3.63) is 35.9 Å². The summed E-state index contributed by atoms with van der Waals surface area (Å²) in [6.45, 7) is 8.54. The number of ether oxygens (including phenoxy) is 1. The molecule has 0 radical (unpaired) electrons. The third kappa shape index (κ3) is 6.16. The first-order valence-corrected chi connectivity index (χ1v) is 8.48. The molecule has 0 spiro atoms. The third-order valence-electron chi connectivity index (χ3n) is 4.19. The van der Waals surface area contributed by atoms with E-state index >= 15 is 0 Å². The Hall–Kier alpha value is -0.900. The summed E-state index contributed by atoms with van der Waals surface area (Å²) < 4.78 is 5.39. The monoisotopic (exact) mass is 290 g/mol. The molecule has 3 heteroatoms. The Morgan fingerprint density at radius 2 is 1.90 bits per heavy atom. The summed E-state index contributed by atoms with van der Waals surface area (Å²) in [5.41, 5.74) is 1.43. The zero-order valence-electron chi connectivity index (χ0n) is 13.4. The van der Waals surface area contributed by atoms with Gasteiger partial charge in [0.1, 0.15) is 0 Å². The van der Waals surface area contributed by atoms with Gasteiger partial charge in [0.25, 0.3) is 0 Å². The highest BCUT2D eigenvalue weighted by molar-refractivity contribution is 5.18. The molecule has 1 aliphatic rings. The van der Waals surface area contributed by atoms with Crippen LogP contribution in [0.3, 0.4) is 0 Å². The molecule has 3 nitrogen and oxygen atoms in total. The molecule has 1 fully saturated rings. The van der Waals surface area contributed by atoms with Gasteiger partial charge in [-0.3, -0.25) is 4.90 Å². The Kier molecular flexibility index (Phi) is 7.79. The molecule has 1 atom stereocenters. The van der Waals surface area contributed by atoms with Crippen LogP contribution in [-0.4, -0.2) is 44.3 Å². The van der Waals surface area contributed by atoms with Gasteiger partial charge in [0.15, 0.2) is 0 Å². The fourth-order valence-electron chi connectivity index (χ4n) is 2.88. The molecule has 118 valence electrons. The highest BCUT2D eigenvalue weighted by atomic mass is 16.5. The molecule has 1 unspecified atom stereocenters. The van der Waals surface area contributed by atoms with E-state index < -0.39 is 0 Å². The molecule has 0 amide bonds. The average Bonchev–Trinajstić information content (AvgIpc) is 2.56. The Morgan fingerprint density at radius 1 is 1.14 bits per heavy atom. The fraction of sp³-hybridized carbons (Fsp3) is 0.667. The number of morpholine rings is 1. The topological polar surface area (TPSA) is 24.5 Å². The lowest BCUT2D eigenvalue weighted by Gasteiger charge is -2.27. The smallest absolute Gasteiger partial charge is 0.0594 e. The summed E-state index contributed by atoms with van der Waals surface area (Å²) in [5, 5.41) is 3.75. The maximum Gasteiger partial charge on any atom is 0.0594 e. The Balaban J connectivity index is 1.71. The number of nitrogens with one attached hydrogen (secondary N) is 1. The maximum absolute atomic E-state index is 5.39. The number of rotatable bonds is 9. The number of benzene rings is 1. The minimum absolute atomic E-state index is 0.510. The van der Waals surface area contributed by atoms with Crippen molar-refractivity contribution in [1.82, 2.24) is 10.2 Å². The molecule has 0 bridgehead atoms. The van der Waals surface area contributed by atoms with Gasteiger partial charge in [-0.05, 0) is 31.5 Å². The van der Waals surface area contributed by atoms with Crippen LogP contribution in [0.1, 0.15) is 44.2 Å². The first kappa shape index (κ1) is 16.5. The van der Waals surface area contributed by atoms with Gasteiger partial charge in [-0.15, -0.1) is 0 Å². The molecule has 0 saturated carbocycles. The molecule has 1 heterocycles. The number of nitrogens with zero attached hydrogens (tertiary/aromatic N) is 1. The second kappa shape index (κ2) is 9.93. The van der Waals surface area contributed by atoms with E-state index in [1.54, 1.807) is 0 Å². The number of unbranched alkanes of at least 4 members (excludes halogenated alkanes) is 1. The zero-order chi connectivity index (χ0) is 14.8. The van der Waals surface area contributed by atoms with Crippen LogP contribution in [-0.2, 0) is 4.74 Å². The zero-order valence-corrected chi connectivity index (χ0v) is 13.4. The van der Waals surface area contributed by atoms with E-state index in [1.165, 1.54) is 37.8 Å². The maximum atomic E-state index is 5.39. The van der Waals surface area contributed by atoms with Gasteiger partial charge in [-0.25, -0.2) is 0 Å². The van der Waals surface area contributed by atoms with Gasteiger partial charge in [-0.1, -0.05) is 50.1 Å². The highest BCUT2D eigenvalue weighted by Gasteiger charge is 2.11. The van der Waals surface area contributed by atoms with Crippen LogP contribution in [0, 0.1) is 0 Å². The minimum atomic E-state index is 0.510. The predicted octanol–water partition coefficient (Wildman–Crippen LogP) is 3.23. The van der Waals surface area contributed by atoms with Crippen molar-refractivity contribution < 1.29 is 4.74 Å². The normalized spacial score (nSPS) is 17.8. The standard InChI is InChI=1S/C18H30N2O/c1-2-3-10-18(17-8-5-4-6-9-17)19-11-7-12-20-13-15-21-16-14-20/h4-6,8-9,18-19H,2-3,7,10-16H2,1H3. The summed E-state index contributed by atoms with van der Waals surface area (Å²) in [7, 11) is 0. The molecule has 2 rings (SSSR count). The highest BCUT2D eigenvalue weighted by Crippen LogP contribution is 2.19. The first-order chi connectivity index (χ1) is 10.4. The van der Waals surface area contributed by atoms with Gasteiger partial charge < -0.3 is 10.1 Å². The van der Waals surface area contributed by atoms with Crippen LogP contribution in [0.5, 0.6) is 0 Å². The van der Waals surface area contributed by atoms with E-state index in [9.17, 15) is 0 Å². The van der Waals surface area contributed by atoms with Crippen LogP contribution in [0.25, 0.3) is 0 Å². The van der Waals surface area contributed by atoms with Crippen molar-refractivity contribution in [1.29, 1.82) is 0 Å². The van der Waals surface area contributed by atoms with E-state index in [-0.39, 0.29) is 0 Å². The number of hydrogen-bond acceptors (Lipinski definition) is 3. The summed E-state index contributed by atoms with van der Waals surface area (Å²) in [5.74, 6) is 0. The van der Waals surface area contributed by atoms with E-state index in [2.05, 4.69) is 47.5 Å². The fourth-order valence-corrected chi connectivity index (χ4v) is 2.88. The number of hydrogen-bond donors (Lipinski definition) is 1. The molecule has 21 heavy (non-hydrogen) atoms. The molecular formula is C18H30N2O. The lowest BCUT2D eigenvalue weighted by atomic mass is 10.0. The largest absolute Gasteiger partial charge is 0.379 e. The first-order valence-electron chi connectivity index (χ1n) is 8.48. The molecule has 1 aliphatic heterocycles. The Bertz CT molecular complexity index is 363. The Labute approximate surface area is 129 Å². The lowest BCUT2D eigenvalue weighted by Crippen LogP contribution is -2.38. The SMILES string of the molecule is CCCCC(NCCCN1CCOCC1)c1ccccc1. The molecule has 1 N–H and O–H groups in total. The van der Waals surface area contributed by atoms with Crippen LogP contribution in [0.4, 0.5) is 0 Å². The van der Waals surface area contributed by atoms with E-state index in [0.29, 0.717) is 6.04 Å². The van der Waals surface area contributed by atoms with Gasteiger partial charge in [0, 0.05) is 19.1 Å². The van der Waals surface area contributed by atoms with Crippen molar-refractivity contribution in [3.8, 4) is 0 Å². The average molecular weight is 290 g/mol. The van der Waals surface area contributed by atoms with Crippen LogP contribution in [0.15, 0.2) is 30.3 Å². The predicted molar refractivity (Wildman–Crippen MR) is 88.6 cm³/mol. The van der Waals surface area contributed by atoms with Crippen molar-refractivity contribution >= 4 is 0 Å². The summed E-state index contributed by atoms with van der Waals surface area (Å²) in [6, 6.07) is 11.4. The van der Waals surface area contributed by atoms with Gasteiger partial charge in [-0.2, -0.15) is 0 Å². The Morgan fingerprint density at radius 3 is 2.62 bits per heavy atom. The summed E-state index contributed by atoms with van der Waals surface area (Å²) >= 11 is 0. The van der Waals surface area contributed by atoms with Crippen molar-refractivity contribution in [2.75, 3.05) is 39.4 Å². The minimum Gasteiger partial charge on any atom is -0.379 e. The summed E-state index contributed by atoms with van der Waals surface area (Å²) in [6.07, 6.45) is 5.00. The van der Waals surface area contributed by atoms with Crippen molar-refractivity contribution in [3.63, 3.8) is 0 Å². The third-order valence-corrected chi connectivity index (χ3v) is 4.19. The molecule has 1 aromatic rings. The van der Waals surface area contributed by atoms with Crippen LogP contribution in [0.2, 0.25) is 0 Å². The van der Waals surface area contributed by atoms with Crippen molar-refractivity contribution in [2.45, 2.75) is 38.6 Å². The van der Waals surface area contributed by atoms with E-state index in [0.717, 1.165) is 32.8 Å². The lowest BCUT2D eigenvalue weighted by molar-refractivity contribution is 0.0373.